The third-order valence-electron chi connectivity index (χ3n) is 3.85. The van der Waals surface area contributed by atoms with E-state index in [1.165, 1.54) is 4.88 Å². The number of rotatable bonds is 7. The summed E-state index contributed by atoms with van der Waals surface area (Å²) in [6.45, 7) is 6.04. The highest BCUT2D eigenvalue weighted by Gasteiger charge is 2.32. The van der Waals surface area contributed by atoms with Gasteiger partial charge in [0.2, 0.25) is 0 Å². The predicted molar refractivity (Wildman–Crippen MR) is 89.0 cm³/mol. The second-order valence-electron chi connectivity index (χ2n) is 5.56. The van der Waals surface area contributed by atoms with Crippen LogP contribution in [-0.4, -0.2) is 44.5 Å². The number of hydrogen-bond donors (Lipinski definition) is 1. The highest BCUT2D eigenvalue weighted by atomic mass is 32.2. The molecule has 1 aromatic rings. The van der Waals surface area contributed by atoms with Crippen molar-refractivity contribution in [3.05, 3.63) is 10.6 Å². The fourth-order valence-corrected chi connectivity index (χ4v) is 5.45. The molecule has 1 aliphatic rings. The van der Waals surface area contributed by atoms with Gasteiger partial charge in [-0.25, -0.2) is 13.4 Å². The van der Waals surface area contributed by atoms with Gasteiger partial charge in [-0.15, -0.1) is 11.3 Å². The van der Waals surface area contributed by atoms with Crippen molar-refractivity contribution in [3.8, 4) is 0 Å². The Kier molecular flexibility index (Phi) is 5.62. The van der Waals surface area contributed by atoms with Crippen LogP contribution in [0.4, 0.5) is 5.13 Å². The highest BCUT2D eigenvalue weighted by molar-refractivity contribution is 7.91. The first-order valence-electron chi connectivity index (χ1n) is 7.59. The van der Waals surface area contributed by atoms with Crippen molar-refractivity contribution in [2.45, 2.75) is 45.7 Å². The van der Waals surface area contributed by atoms with E-state index in [2.05, 4.69) is 24.1 Å². The molecule has 1 N–H and O–H groups in total. The molecule has 0 bridgehead atoms. The molecule has 0 spiro atoms. The summed E-state index contributed by atoms with van der Waals surface area (Å²) in [6.07, 6.45) is 2.77. The fraction of sp³-hybridized carbons (Fsp3) is 0.786. The molecule has 1 aliphatic heterocycles. The van der Waals surface area contributed by atoms with Crippen LogP contribution in [-0.2, 0) is 22.8 Å². The lowest BCUT2D eigenvalue weighted by atomic mass is 10.2. The molecule has 0 aliphatic carbocycles. The van der Waals surface area contributed by atoms with Gasteiger partial charge in [0.15, 0.2) is 15.0 Å². The first-order valence-corrected chi connectivity index (χ1v) is 10.2. The molecule has 0 aromatic carbocycles. The standard InChI is InChI=1S/C14H25N3O2S2/c1-4-6-12-13(9-15-5-2)20-14(16-12)17(3)11-7-8-21(18,19)10-11/h11,15H,4-10H2,1-3H3. The molecule has 0 amide bonds. The Morgan fingerprint density at radius 2 is 2.19 bits per heavy atom. The largest absolute Gasteiger partial charge is 0.347 e. The van der Waals surface area contributed by atoms with Gasteiger partial charge in [0.1, 0.15) is 0 Å². The van der Waals surface area contributed by atoms with Crippen molar-refractivity contribution in [1.82, 2.24) is 10.3 Å². The maximum absolute atomic E-state index is 11.6. The first kappa shape index (κ1) is 16.7. The molecule has 5 nitrogen and oxygen atoms in total. The van der Waals surface area contributed by atoms with E-state index in [4.69, 9.17) is 4.98 Å². The molecule has 2 heterocycles. The quantitative estimate of drug-likeness (QED) is 0.826. The molecule has 1 aromatic heterocycles. The fourth-order valence-electron chi connectivity index (χ4n) is 2.57. The minimum absolute atomic E-state index is 0.0719. The van der Waals surface area contributed by atoms with E-state index >= 15 is 0 Å². The molecule has 120 valence electrons. The van der Waals surface area contributed by atoms with Crippen LogP contribution in [0.5, 0.6) is 0 Å². The van der Waals surface area contributed by atoms with E-state index in [0.29, 0.717) is 12.2 Å². The summed E-state index contributed by atoms with van der Waals surface area (Å²) >= 11 is 1.69. The van der Waals surface area contributed by atoms with Gasteiger partial charge in [0.05, 0.1) is 17.2 Å². The van der Waals surface area contributed by atoms with Crippen molar-refractivity contribution >= 4 is 26.3 Å². The van der Waals surface area contributed by atoms with Crippen LogP contribution in [0, 0.1) is 0 Å². The van der Waals surface area contributed by atoms with Crippen LogP contribution in [0.25, 0.3) is 0 Å². The number of anilines is 1. The SMILES string of the molecule is CCCc1nc(N(C)C2CCS(=O)(=O)C2)sc1CNCC. The molecular formula is C14H25N3O2S2. The Morgan fingerprint density at radius 1 is 1.43 bits per heavy atom. The Bertz CT molecular complexity index is 569. The number of aryl methyl sites for hydroxylation is 1. The molecule has 0 radical (unpaired) electrons. The Hall–Kier alpha value is -0.660. The number of sulfone groups is 1. The predicted octanol–water partition coefficient (Wildman–Crippen LogP) is 1.83. The van der Waals surface area contributed by atoms with Gasteiger partial charge >= 0.3 is 0 Å². The van der Waals surface area contributed by atoms with Gasteiger partial charge in [0, 0.05) is 24.5 Å². The molecule has 0 saturated carbocycles. The van der Waals surface area contributed by atoms with Crippen LogP contribution in [0.15, 0.2) is 0 Å². The molecule has 2 rings (SSSR count). The summed E-state index contributed by atoms with van der Waals surface area (Å²) in [5.41, 5.74) is 1.16. The monoisotopic (exact) mass is 331 g/mol. The average molecular weight is 332 g/mol. The maximum Gasteiger partial charge on any atom is 0.185 e. The van der Waals surface area contributed by atoms with Crippen LogP contribution < -0.4 is 10.2 Å². The maximum atomic E-state index is 11.6. The minimum Gasteiger partial charge on any atom is -0.347 e. The van der Waals surface area contributed by atoms with E-state index in [9.17, 15) is 8.42 Å². The van der Waals surface area contributed by atoms with Crippen molar-refractivity contribution in [2.24, 2.45) is 0 Å². The normalized spacial score (nSPS) is 20.8. The summed E-state index contributed by atoms with van der Waals surface area (Å²) in [7, 11) is -0.884. The molecule has 1 fully saturated rings. The van der Waals surface area contributed by atoms with Gasteiger partial charge in [-0.2, -0.15) is 0 Å². The number of hydrogen-bond acceptors (Lipinski definition) is 6. The van der Waals surface area contributed by atoms with Gasteiger partial charge in [-0.3, -0.25) is 0 Å². The zero-order valence-electron chi connectivity index (χ0n) is 13.1. The number of nitrogens with one attached hydrogen (secondary N) is 1. The smallest absolute Gasteiger partial charge is 0.185 e. The molecule has 1 atom stereocenters. The van der Waals surface area contributed by atoms with Crippen LogP contribution >= 0.6 is 11.3 Å². The summed E-state index contributed by atoms with van der Waals surface area (Å²) in [5, 5.41) is 4.31. The summed E-state index contributed by atoms with van der Waals surface area (Å²) in [5.74, 6) is 0.564. The molecule has 1 saturated heterocycles. The Balaban J connectivity index is 2.15. The second-order valence-corrected chi connectivity index (χ2v) is 8.86. The lowest BCUT2D eigenvalue weighted by Gasteiger charge is -2.22. The first-order chi connectivity index (χ1) is 9.96. The third-order valence-corrected chi connectivity index (χ3v) is 6.79. The lowest BCUT2D eigenvalue weighted by Crippen LogP contribution is -2.32. The topological polar surface area (TPSA) is 62.3 Å². The number of nitrogens with zero attached hydrogens (tertiary/aromatic N) is 2. The van der Waals surface area contributed by atoms with Gasteiger partial charge in [0.25, 0.3) is 0 Å². The van der Waals surface area contributed by atoms with Gasteiger partial charge in [-0.1, -0.05) is 20.3 Å². The van der Waals surface area contributed by atoms with Gasteiger partial charge < -0.3 is 10.2 Å². The zero-order chi connectivity index (χ0) is 15.5. The Morgan fingerprint density at radius 3 is 2.76 bits per heavy atom. The average Bonchev–Trinajstić information content (AvgIpc) is 3.00. The molecule has 7 heteroatoms. The minimum atomic E-state index is -2.85. The summed E-state index contributed by atoms with van der Waals surface area (Å²) < 4.78 is 23.3. The second kappa shape index (κ2) is 7.07. The van der Waals surface area contributed by atoms with Crippen molar-refractivity contribution < 1.29 is 8.42 Å². The lowest BCUT2D eigenvalue weighted by molar-refractivity contribution is 0.601. The third kappa shape index (κ3) is 4.17. The van der Waals surface area contributed by atoms with E-state index in [0.717, 1.165) is 36.8 Å². The summed E-state index contributed by atoms with van der Waals surface area (Å²) in [6, 6.07) is 0.0719. The van der Waals surface area contributed by atoms with Crippen LogP contribution in [0.2, 0.25) is 0 Å². The van der Waals surface area contributed by atoms with E-state index in [-0.39, 0.29) is 11.8 Å². The molecular weight excluding hydrogens is 306 g/mol. The highest BCUT2D eigenvalue weighted by Crippen LogP contribution is 2.30. The van der Waals surface area contributed by atoms with E-state index in [1.807, 2.05) is 7.05 Å². The summed E-state index contributed by atoms with van der Waals surface area (Å²) in [4.78, 5) is 8.09. The van der Waals surface area contributed by atoms with E-state index in [1.54, 1.807) is 11.3 Å². The van der Waals surface area contributed by atoms with Gasteiger partial charge in [-0.05, 0) is 19.4 Å². The number of aromatic nitrogens is 1. The van der Waals surface area contributed by atoms with Crippen LogP contribution in [0.3, 0.4) is 0 Å². The van der Waals surface area contributed by atoms with Crippen molar-refractivity contribution in [3.63, 3.8) is 0 Å². The molecule has 1 unspecified atom stereocenters. The van der Waals surface area contributed by atoms with Crippen molar-refractivity contribution in [2.75, 3.05) is 30.0 Å². The Labute approximate surface area is 131 Å². The van der Waals surface area contributed by atoms with E-state index < -0.39 is 9.84 Å². The van der Waals surface area contributed by atoms with Crippen LogP contribution in [0.1, 0.15) is 37.3 Å². The molecule has 21 heavy (non-hydrogen) atoms. The number of thiazole rings is 1. The van der Waals surface area contributed by atoms with Crippen molar-refractivity contribution in [1.29, 1.82) is 0 Å². The zero-order valence-corrected chi connectivity index (χ0v) is 14.7.